The molecule has 18 heavy (non-hydrogen) atoms. The predicted octanol–water partition coefficient (Wildman–Crippen LogP) is 1.63. The Morgan fingerprint density at radius 2 is 2.28 bits per heavy atom. The molecule has 2 aromatic heterocycles. The number of nitrogens with one attached hydrogen (secondary N) is 2. The summed E-state index contributed by atoms with van der Waals surface area (Å²) in [6.07, 6.45) is 0. The molecule has 0 saturated carbocycles. The molecule has 6 heteroatoms. The number of thiazole rings is 1. The van der Waals surface area contributed by atoms with Crippen molar-refractivity contribution in [2.24, 2.45) is 0 Å². The van der Waals surface area contributed by atoms with Gasteiger partial charge in [-0.15, -0.1) is 11.3 Å². The van der Waals surface area contributed by atoms with Crippen molar-refractivity contribution in [2.45, 2.75) is 19.9 Å². The van der Waals surface area contributed by atoms with Crippen LogP contribution in [0.1, 0.15) is 34.0 Å². The number of pyridine rings is 1. The normalized spacial score (nSPS) is 12.1. The largest absolute Gasteiger partial charge is 0.343 e. The Hall–Kier alpha value is -1.95. The molecular formula is C12H13N3O2S. The van der Waals surface area contributed by atoms with Gasteiger partial charge in [0.25, 0.3) is 5.91 Å². The molecule has 2 N–H and O–H groups in total. The first-order chi connectivity index (χ1) is 8.58. The van der Waals surface area contributed by atoms with E-state index in [0.29, 0.717) is 0 Å². The summed E-state index contributed by atoms with van der Waals surface area (Å²) in [5.41, 5.74) is 2.56. The van der Waals surface area contributed by atoms with Gasteiger partial charge in [0.2, 0.25) is 5.56 Å². The third-order valence-electron chi connectivity index (χ3n) is 2.55. The van der Waals surface area contributed by atoms with Crippen molar-refractivity contribution in [2.75, 3.05) is 0 Å². The summed E-state index contributed by atoms with van der Waals surface area (Å²) < 4.78 is 0. The van der Waals surface area contributed by atoms with Gasteiger partial charge < -0.3 is 10.3 Å². The maximum Gasteiger partial charge on any atom is 0.268 e. The van der Waals surface area contributed by atoms with Crippen LogP contribution in [0.25, 0.3) is 0 Å². The number of hydrogen-bond donors (Lipinski definition) is 2. The van der Waals surface area contributed by atoms with E-state index in [-0.39, 0.29) is 23.2 Å². The summed E-state index contributed by atoms with van der Waals surface area (Å²) in [6.45, 7) is 3.82. The molecule has 1 amide bonds. The fourth-order valence-corrected chi connectivity index (χ4v) is 2.33. The molecule has 0 saturated heterocycles. The second-order valence-corrected chi connectivity index (χ2v) is 4.98. The van der Waals surface area contributed by atoms with Gasteiger partial charge in [0.15, 0.2) is 0 Å². The second-order valence-electron chi connectivity index (χ2n) is 3.92. The fourth-order valence-electron chi connectivity index (χ4n) is 1.65. The van der Waals surface area contributed by atoms with Gasteiger partial charge >= 0.3 is 0 Å². The Kier molecular flexibility index (Phi) is 3.57. The van der Waals surface area contributed by atoms with Crippen molar-refractivity contribution in [1.82, 2.24) is 15.3 Å². The molecule has 0 aliphatic rings. The summed E-state index contributed by atoms with van der Waals surface area (Å²) in [5, 5.41) is 2.80. The zero-order valence-electron chi connectivity index (χ0n) is 10.1. The van der Waals surface area contributed by atoms with E-state index in [2.05, 4.69) is 15.3 Å². The van der Waals surface area contributed by atoms with Crippen molar-refractivity contribution in [3.8, 4) is 0 Å². The Morgan fingerprint density at radius 1 is 1.50 bits per heavy atom. The van der Waals surface area contributed by atoms with Crippen molar-refractivity contribution >= 4 is 17.2 Å². The average molecular weight is 263 g/mol. The van der Waals surface area contributed by atoms with E-state index >= 15 is 0 Å². The van der Waals surface area contributed by atoms with Gasteiger partial charge in [0, 0.05) is 10.9 Å². The number of aryl methyl sites for hydroxylation is 1. The third-order valence-corrected chi connectivity index (χ3v) is 3.33. The van der Waals surface area contributed by atoms with Crippen molar-refractivity contribution in [3.05, 3.63) is 50.3 Å². The van der Waals surface area contributed by atoms with Crippen LogP contribution in [-0.2, 0) is 0 Å². The van der Waals surface area contributed by atoms with E-state index in [1.165, 1.54) is 17.4 Å². The van der Waals surface area contributed by atoms with Gasteiger partial charge in [0.1, 0.15) is 5.69 Å². The number of nitrogens with zero attached hydrogens (tertiary/aromatic N) is 1. The van der Waals surface area contributed by atoms with Crippen LogP contribution < -0.4 is 10.9 Å². The van der Waals surface area contributed by atoms with E-state index in [0.717, 1.165) is 10.6 Å². The van der Waals surface area contributed by atoms with Crippen LogP contribution in [0.4, 0.5) is 0 Å². The van der Waals surface area contributed by atoms with E-state index in [1.54, 1.807) is 17.6 Å². The Bertz CT molecular complexity index is 618. The number of aromatic amines is 1. The molecule has 0 aromatic carbocycles. The lowest BCUT2D eigenvalue weighted by molar-refractivity contribution is 0.0934. The number of aromatic nitrogens is 2. The van der Waals surface area contributed by atoms with Crippen molar-refractivity contribution in [3.63, 3.8) is 0 Å². The molecule has 0 aliphatic carbocycles. The van der Waals surface area contributed by atoms with Crippen LogP contribution in [0, 0.1) is 6.92 Å². The molecule has 2 rings (SSSR count). The summed E-state index contributed by atoms with van der Waals surface area (Å²) in [7, 11) is 0. The lowest BCUT2D eigenvalue weighted by atomic mass is 10.2. The summed E-state index contributed by atoms with van der Waals surface area (Å²) in [6, 6.07) is 4.29. The number of carbonyl (C=O) groups is 1. The number of H-pyrrole nitrogens is 1. The first-order valence-electron chi connectivity index (χ1n) is 5.48. The van der Waals surface area contributed by atoms with Crippen LogP contribution in [0.2, 0.25) is 0 Å². The number of carbonyl (C=O) groups excluding carboxylic acids is 1. The molecule has 0 spiro atoms. The van der Waals surface area contributed by atoms with Gasteiger partial charge in [-0.05, 0) is 19.9 Å². The molecule has 1 unspecified atom stereocenters. The summed E-state index contributed by atoms with van der Waals surface area (Å²) in [4.78, 5) is 30.8. The molecule has 5 nitrogen and oxygen atoms in total. The zero-order chi connectivity index (χ0) is 13.1. The van der Waals surface area contributed by atoms with E-state index < -0.39 is 0 Å². The minimum Gasteiger partial charge on any atom is -0.343 e. The zero-order valence-corrected chi connectivity index (χ0v) is 10.9. The van der Waals surface area contributed by atoms with Gasteiger partial charge in [-0.25, -0.2) is 4.98 Å². The van der Waals surface area contributed by atoms with Crippen LogP contribution in [0.3, 0.4) is 0 Å². The minimum absolute atomic E-state index is 0.188. The molecule has 1 atom stereocenters. The quantitative estimate of drug-likeness (QED) is 0.883. The lowest BCUT2D eigenvalue weighted by Gasteiger charge is -2.12. The summed E-state index contributed by atoms with van der Waals surface area (Å²) in [5.74, 6) is -0.312. The molecule has 0 aliphatic heterocycles. The van der Waals surface area contributed by atoms with Crippen LogP contribution in [-0.4, -0.2) is 15.9 Å². The van der Waals surface area contributed by atoms with Gasteiger partial charge in [0.05, 0.1) is 17.2 Å². The standard InChI is InChI=1S/C12H13N3O2S/c1-7(11-8(2)18-6-13-11)14-12(17)9-4-3-5-10(16)15-9/h3-7H,1-2H3,(H,14,17)(H,15,16). The average Bonchev–Trinajstić information content (AvgIpc) is 2.75. The topological polar surface area (TPSA) is 74.8 Å². The van der Waals surface area contributed by atoms with Crippen LogP contribution in [0.15, 0.2) is 28.5 Å². The maximum atomic E-state index is 11.9. The SMILES string of the molecule is Cc1scnc1C(C)NC(=O)c1cccc(=O)[nH]1. The Balaban J connectivity index is 2.13. The number of amides is 1. The van der Waals surface area contributed by atoms with Crippen molar-refractivity contribution < 1.29 is 4.79 Å². The minimum atomic E-state index is -0.312. The number of hydrogen-bond acceptors (Lipinski definition) is 4. The second kappa shape index (κ2) is 5.14. The van der Waals surface area contributed by atoms with Crippen molar-refractivity contribution in [1.29, 1.82) is 0 Å². The first kappa shape index (κ1) is 12.5. The van der Waals surface area contributed by atoms with Crippen LogP contribution >= 0.6 is 11.3 Å². The molecular weight excluding hydrogens is 250 g/mol. The lowest BCUT2D eigenvalue weighted by Crippen LogP contribution is -2.29. The molecule has 2 heterocycles. The fraction of sp³-hybridized carbons (Fsp3) is 0.250. The third kappa shape index (κ3) is 2.65. The molecule has 2 aromatic rings. The highest BCUT2D eigenvalue weighted by Gasteiger charge is 2.15. The van der Waals surface area contributed by atoms with Crippen LogP contribution in [0.5, 0.6) is 0 Å². The smallest absolute Gasteiger partial charge is 0.268 e. The highest BCUT2D eigenvalue weighted by molar-refractivity contribution is 7.09. The molecule has 94 valence electrons. The molecule has 0 fully saturated rings. The van der Waals surface area contributed by atoms with Gasteiger partial charge in [-0.1, -0.05) is 6.07 Å². The number of rotatable bonds is 3. The van der Waals surface area contributed by atoms with E-state index in [9.17, 15) is 9.59 Å². The van der Waals surface area contributed by atoms with Gasteiger partial charge in [-0.3, -0.25) is 9.59 Å². The predicted molar refractivity (Wildman–Crippen MR) is 69.8 cm³/mol. The van der Waals surface area contributed by atoms with Gasteiger partial charge in [-0.2, -0.15) is 0 Å². The molecule has 0 bridgehead atoms. The summed E-state index contributed by atoms with van der Waals surface area (Å²) >= 11 is 1.54. The van der Waals surface area contributed by atoms with E-state index in [1.807, 2.05) is 13.8 Å². The Labute approximate surface area is 108 Å². The molecule has 0 radical (unpaired) electrons. The Morgan fingerprint density at radius 3 is 2.89 bits per heavy atom. The first-order valence-corrected chi connectivity index (χ1v) is 6.36. The monoisotopic (exact) mass is 263 g/mol. The van der Waals surface area contributed by atoms with E-state index in [4.69, 9.17) is 0 Å². The highest BCUT2D eigenvalue weighted by atomic mass is 32.1. The maximum absolute atomic E-state index is 11.9. The highest BCUT2D eigenvalue weighted by Crippen LogP contribution is 2.18.